The predicted molar refractivity (Wildman–Crippen MR) is 93.4 cm³/mol. The monoisotopic (exact) mass is 335 g/mol. The Labute approximate surface area is 140 Å². The third-order valence-corrected chi connectivity index (χ3v) is 3.36. The fourth-order valence-electron chi connectivity index (χ4n) is 2.26. The van der Waals surface area contributed by atoms with Crippen molar-refractivity contribution < 1.29 is 4.79 Å². The van der Waals surface area contributed by atoms with Gasteiger partial charge in [-0.3, -0.25) is 9.69 Å². The van der Waals surface area contributed by atoms with Crippen LogP contribution in [-0.2, 0) is 11.2 Å². The van der Waals surface area contributed by atoms with Gasteiger partial charge in [-0.05, 0) is 25.1 Å². The van der Waals surface area contributed by atoms with E-state index in [0.717, 1.165) is 19.5 Å². The molecule has 0 spiro atoms. The van der Waals surface area contributed by atoms with Gasteiger partial charge < -0.3 is 11.1 Å². The zero-order valence-corrected chi connectivity index (χ0v) is 14.4. The molecule has 1 rings (SSSR count). The average Bonchev–Trinajstić information content (AvgIpc) is 2.46. The lowest BCUT2D eigenvalue weighted by molar-refractivity contribution is -0.120. The van der Waals surface area contributed by atoms with Crippen LogP contribution in [0.25, 0.3) is 0 Å². The second kappa shape index (κ2) is 12.9. The quantitative estimate of drug-likeness (QED) is 0.762. The molecule has 1 atom stereocenters. The Hall–Kier alpha value is -0.810. The molecule has 0 saturated heterocycles. The lowest BCUT2D eigenvalue weighted by atomic mass is 10.0. The van der Waals surface area contributed by atoms with Crippen molar-refractivity contribution in [2.24, 2.45) is 5.73 Å². The summed E-state index contributed by atoms with van der Waals surface area (Å²) in [5, 5.41) is 2.90. The first kappa shape index (κ1) is 22.5. The standard InChI is InChI=1S/C15H25N3O.2ClH/c1-3-18(4-2)14(12-17-15(19)11-16)10-13-8-6-5-7-9-13;;/h5-9,14H,3-4,10-12,16H2,1-2H3,(H,17,19);2*1H. The van der Waals surface area contributed by atoms with E-state index >= 15 is 0 Å². The zero-order valence-electron chi connectivity index (χ0n) is 12.7. The first-order valence-electron chi connectivity index (χ1n) is 6.96. The van der Waals surface area contributed by atoms with Crippen LogP contribution in [0.5, 0.6) is 0 Å². The number of likely N-dealkylation sites (N-methyl/N-ethyl adjacent to an activating group) is 1. The minimum absolute atomic E-state index is 0. The van der Waals surface area contributed by atoms with Crippen molar-refractivity contribution in [2.75, 3.05) is 26.2 Å². The summed E-state index contributed by atoms with van der Waals surface area (Å²) in [6.45, 7) is 6.94. The first-order valence-corrected chi connectivity index (χ1v) is 6.96. The fourth-order valence-corrected chi connectivity index (χ4v) is 2.26. The maximum absolute atomic E-state index is 11.3. The number of hydrogen-bond donors (Lipinski definition) is 2. The van der Waals surface area contributed by atoms with E-state index in [2.05, 4.69) is 36.2 Å². The van der Waals surface area contributed by atoms with E-state index in [0.29, 0.717) is 12.6 Å². The number of benzene rings is 1. The van der Waals surface area contributed by atoms with Gasteiger partial charge >= 0.3 is 0 Å². The van der Waals surface area contributed by atoms with Crippen molar-refractivity contribution in [3.05, 3.63) is 35.9 Å². The topological polar surface area (TPSA) is 58.4 Å². The number of hydrogen-bond acceptors (Lipinski definition) is 3. The van der Waals surface area contributed by atoms with E-state index in [4.69, 9.17) is 5.73 Å². The van der Waals surface area contributed by atoms with Crippen LogP contribution in [0.1, 0.15) is 19.4 Å². The molecule has 0 bridgehead atoms. The fraction of sp³-hybridized carbons (Fsp3) is 0.533. The van der Waals surface area contributed by atoms with Crippen LogP contribution in [0.4, 0.5) is 0 Å². The summed E-state index contributed by atoms with van der Waals surface area (Å²) in [5.74, 6) is -0.0924. The largest absolute Gasteiger partial charge is 0.353 e. The highest BCUT2D eigenvalue weighted by Gasteiger charge is 2.16. The second-order valence-electron chi connectivity index (χ2n) is 4.57. The summed E-state index contributed by atoms with van der Waals surface area (Å²) >= 11 is 0. The number of nitrogens with two attached hydrogens (primary N) is 1. The highest BCUT2D eigenvalue weighted by atomic mass is 35.5. The third kappa shape index (κ3) is 8.27. The molecule has 3 N–H and O–H groups in total. The van der Waals surface area contributed by atoms with Crippen LogP contribution in [-0.4, -0.2) is 43.0 Å². The Morgan fingerprint density at radius 2 is 1.76 bits per heavy atom. The van der Waals surface area contributed by atoms with E-state index in [-0.39, 0.29) is 37.3 Å². The molecule has 0 aliphatic carbocycles. The number of nitrogens with zero attached hydrogens (tertiary/aromatic N) is 1. The molecule has 0 aliphatic heterocycles. The van der Waals surface area contributed by atoms with Crippen LogP contribution in [0.2, 0.25) is 0 Å². The van der Waals surface area contributed by atoms with Crippen molar-refractivity contribution in [1.82, 2.24) is 10.2 Å². The third-order valence-electron chi connectivity index (χ3n) is 3.36. The van der Waals surface area contributed by atoms with Crippen molar-refractivity contribution in [3.63, 3.8) is 0 Å². The first-order chi connectivity index (χ1) is 9.21. The van der Waals surface area contributed by atoms with E-state index in [1.54, 1.807) is 0 Å². The minimum Gasteiger partial charge on any atom is -0.353 e. The molecule has 0 heterocycles. The maximum Gasteiger partial charge on any atom is 0.233 e. The maximum atomic E-state index is 11.3. The van der Waals surface area contributed by atoms with Crippen LogP contribution < -0.4 is 11.1 Å². The van der Waals surface area contributed by atoms with Gasteiger partial charge in [0.2, 0.25) is 5.91 Å². The van der Waals surface area contributed by atoms with Gasteiger partial charge in [0, 0.05) is 12.6 Å². The SMILES string of the molecule is CCN(CC)C(CNC(=O)CN)Cc1ccccc1.Cl.Cl. The number of amides is 1. The molecule has 0 radical (unpaired) electrons. The van der Waals surface area contributed by atoms with Gasteiger partial charge in [0.05, 0.1) is 6.54 Å². The van der Waals surface area contributed by atoms with E-state index in [1.165, 1.54) is 5.56 Å². The van der Waals surface area contributed by atoms with Crippen LogP contribution >= 0.6 is 24.8 Å². The highest BCUT2D eigenvalue weighted by molar-refractivity contribution is 5.85. The Morgan fingerprint density at radius 1 is 1.19 bits per heavy atom. The van der Waals surface area contributed by atoms with Gasteiger partial charge in [-0.2, -0.15) is 0 Å². The summed E-state index contributed by atoms with van der Waals surface area (Å²) in [5.41, 5.74) is 6.62. The van der Waals surface area contributed by atoms with Gasteiger partial charge in [-0.15, -0.1) is 24.8 Å². The van der Waals surface area contributed by atoms with Gasteiger partial charge in [-0.25, -0.2) is 0 Å². The molecule has 1 aromatic rings. The molecule has 0 saturated carbocycles. The van der Waals surface area contributed by atoms with E-state index in [9.17, 15) is 4.79 Å². The molecule has 21 heavy (non-hydrogen) atoms. The molecule has 0 aliphatic rings. The number of halogens is 2. The molecule has 1 aromatic carbocycles. The summed E-state index contributed by atoms with van der Waals surface area (Å²) in [4.78, 5) is 13.7. The number of rotatable bonds is 8. The molecule has 6 heteroatoms. The molecule has 4 nitrogen and oxygen atoms in total. The van der Waals surface area contributed by atoms with Crippen molar-refractivity contribution >= 4 is 30.7 Å². The van der Waals surface area contributed by atoms with Crippen molar-refractivity contribution in [2.45, 2.75) is 26.3 Å². The highest BCUT2D eigenvalue weighted by Crippen LogP contribution is 2.08. The normalized spacial score (nSPS) is 11.2. The van der Waals surface area contributed by atoms with Crippen molar-refractivity contribution in [3.8, 4) is 0 Å². The van der Waals surface area contributed by atoms with Crippen LogP contribution in [0, 0.1) is 0 Å². The molecular weight excluding hydrogens is 309 g/mol. The van der Waals surface area contributed by atoms with E-state index < -0.39 is 0 Å². The van der Waals surface area contributed by atoms with Crippen molar-refractivity contribution in [1.29, 1.82) is 0 Å². The smallest absolute Gasteiger partial charge is 0.233 e. The Bertz CT molecular complexity index is 372. The van der Waals surface area contributed by atoms with Crippen LogP contribution in [0.3, 0.4) is 0 Å². The molecule has 1 unspecified atom stereocenters. The Balaban J connectivity index is 0. The minimum atomic E-state index is -0.0924. The van der Waals surface area contributed by atoms with Gasteiger partial charge in [0.25, 0.3) is 0 Å². The molecule has 0 fully saturated rings. The number of carbonyl (C=O) groups excluding carboxylic acids is 1. The molecular formula is C15H27Cl2N3O. The van der Waals surface area contributed by atoms with Gasteiger partial charge in [-0.1, -0.05) is 44.2 Å². The lowest BCUT2D eigenvalue weighted by Crippen LogP contribution is -2.46. The summed E-state index contributed by atoms with van der Waals surface area (Å²) in [7, 11) is 0. The van der Waals surface area contributed by atoms with E-state index in [1.807, 2.05) is 18.2 Å². The second-order valence-corrected chi connectivity index (χ2v) is 4.57. The lowest BCUT2D eigenvalue weighted by Gasteiger charge is -2.30. The van der Waals surface area contributed by atoms with Gasteiger partial charge in [0.15, 0.2) is 0 Å². The Morgan fingerprint density at radius 3 is 2.24 bits per heavy atom. The summed E-state index contributed by atoms with van der Waals surface area (Å²) in [6, 6.07) is 10.7. The summed E-state index contributed by atoms with van der Waals surface area (Å²) in [6.07, 6.45) is 0.938. The zero-order chi connectivity index (χ0) is 14.1. The average molecular weight is 336 g/mol. The summed E-state index contributed by atoms with van der Waals surface area (Å²) < 4.78 is 0. The molecule has 0 aromatic heterocycles. The van der Waals surface area contributed by atoms with Crippen LogP contribution in [0.15, 0.2) is 30.3 Å². The van der Waals surface area contributed by atoms with Gasteiger partial charge in [0.1, 0.15) is 0 Å². The number of nitrogens with one attached hydrogen (secondary N) is 1. The molecule has 1 amide bonds. The Kier molecular flexibility index (Phi) is 13.8. The predicted octanol–water partition coefficient (Wildman–Crippen LogP) is 1.86. The number of carbonyl (C=O) groups is 1. The molecule has 122 valence electrons.